The smallest absolute Gasteiger partial charge is 0.0294 e. The number of aryl methyl sites for hydroxylation is 2. The minimum Gasteiger partial charge on any atom is -0.324 e. The van der Waals surface area contributed by atoms with Crippen LogP contribution in [0.4, 0.5) is 0 Å². The van der Waals surface area contributed by atoms with Gasteiger partial charge in [0.25, 0.3) is 0 Å². The fourth-order valence-electron chi connectivity index (χ4n) is 1.42. The summed E-state index contributed by atoms with van der Waals surface area (Å²) in [7, 11) is 0. The van der Waals surface area contributed by atoms with Gasteiger partial charge < -0.3 is 5.73 Å². The molecular formula is C11H16BrN. The molecule has 0 saturated carbocycles. The van der Waals surface area contributed by atoms with Gasteiger partial charge in [-0.25, -0.2) is 0 Å². The molecule has 1 atom stereocenters. The number of halogens is 1. The first-order valence-electron chi connectivity index (χ1n) is 4.58. The quantitative estimate of drug-likeness (QED) is 0.844. The van der Waals surface area contributed by atoms with E-state index < -0.39 is 0 Å². The van der Waals surface area contributed by atoms with Gasteiger partial charge in [-0.3, -0.25) is 0 Å². The second-order valence-electron chi connectivity index (χ2n) is 3.47. The van der Waals surface area contributed by atoms with Crippen molar-refractivity contribution in [3.8, 4) is 0 Å². The van der Waals surface area contributed by atoms with Crippen LogP contribution in [0.1, 0.15) is 36.1 Å². The molecule has 0 aliphatic rings. The summed E-state index contributed by atoms with van der Waals surface area (Å²) in [6.45, 7) is 6.31. The lowest BCUT2D eigenvalue weighted by Gasteiger charge is -2.14. The van der Waals surface area contributed by atoms with Crippen molar-refractivity contribution in [2.24, 2.45) is 5.73 Å². The number of benzene rings is 1. The van der Waals surface area contributed by atoms with Crippen molar-refractivity contribution in [2.45, 2.75) is 33.2 Å². The minimum atomic E-state index is 0.173. The molecule has 2 N–H and O–H groups in total. The molecule has 0 aliphatic carbocycles. The lowest BCUT2D eigenvalue weighted by molar-refractivity contribution is 0.693. The van der Waals surface area contributed by atoms with Gasteiger partial charge in [0.05, 0.1) is 0 Å². The lowest BCUT2D eigenvalue weighted by atomic mass is 9.98. The molecule has 0 aromatic heterocycles. The average molecular weight is 242 g/mol. The van der Waals surface area contributed by atoms with Crippen LogP contribution < -0.4 is 5.73 Å². The SMILES string of the molecule is CCC(N)c1cc(C)c(Br)cc1C. The van der Waals surface area contributed by atoms with E-state index in [9.17, 15) is 0 Å². The highest BCUT2D eigenvalue weighted by Crippen LogP contribution is 2.25. The fraction of sp³-hybridized carbons (Fsp3) is 0.455. The van der Waals surface area contributed by atoms with Crippen LogP contribution in [0.2, 0.25) is 0 Å². The summed E-state index contributed by atoms with van der Waals surface area (Å²) in [5, 5.41) is 0. The standard InChI is InChI=1S/C11H16BrN/c1-4-11(13)9-5-8(3)10(12)6-7(9)2/h5-6,11H,4,13H2,1-3H3. The monoisotopic (exact) mass is 241 g/mol. The molecule has 13 heavy (non-hydrogen) atoms. The first-order valence-corrected chi connectivity index (χ1v) is 5.37. The molecular weight excluding hydrogens is 226 g/mol. The summed E-state index contributed by atoms with van der Waals surface area (Å²) >= 11 is 3.51. The Kier molecular flexibility index (Phi) is 3.51. The van der Waals surface area contributed by atoms with Crippen molar-refractivity contribution >= 4 is 15.9 Å². The van der Waals surface area contributed by atoms with Crippen LogP contribution in [-0.2, 0) is 0 Å². The van der Waals surface area contributed by atoms with Crippen molar-refractivity contribution in [3.63, 3.8) is 0 Å². The highest BCUT2D eigenvalue weighted by Gasteiger charge is 2.08. The van der Waals surface area contributed by atoms with Crippen LogP contribution in [-0.4, -0.2) is 0 Å². The van der Waals surface area contributed by atoms with E-state index in [-0.39, 0.29) is 6.04 Å². The number of hydrogen-bond acceptors (Lipinski definition) is 1. The van der Waals surface area contributed by atoms with Gasteiger partial charge in [0.2, 0.25) is 0 Å². The predicted octanol–water partition coefficient (Wildman–Crippen LogP) is 3.48. The van der Waals surface area contributed by atoms with E-state index in [1.165, 1.54) is 16.7 Å². The Morgan fingerprint density at radius 2 is 1.92 bits per heavy atom. The molecule has 0 aliphatic heterocycles. The second-order valence-corrected chi connectivity index (χ2v) is 4.33. The Labute approximate surface area is 88.5 Å². The third-order valence-corrected chi connectivity index (χ3v) is 3.24. The molecule has 1 aromatic carbocycles. The van der Waals surface area contributed by atoms with Gasteiger partial charge in [-0.2, -0.15) is 0 Å². The Morgan fingerprint density at radius 3 is 2.46 bits per heavy atom. The van der Waals surface area contributed by atoms with Crippen molar-refractivity contribution in [3.05, 3.63) is 33.3 Å². The zero-order valence-electron chi connectivity index (χ0n) is 8.39. The third kappa shape index (κ3) is 2.32. The molecule has 0 spiro atoms. The first-order chi connectivity index (χ1) is 6.06. The topological polar surface area (TPSA) is 26.0 Å². The largest absolute Gasteiger partial charge is 0.324 e. The van der Waals surface area contributed by atoms with Crippen LogP contribution in [0, 0.1) is 13.8 Å². The first kappa shape index (κ1) is 10.7. The summed E-state index contributed by atoms with van der Waals surface area (Å²) in [4.78, 5) is 0. The summed E-state index contributed by atoms with van der Waals surface area (Å²) < 4.78 is 1.16. The highest BCUT2D eigenvalue weighted by atomic mass is 79.9. The van der Waals surface area contributed by atoms with Gasteiger partial charge in [-0.15, -0.1) is 0 Å². The van der Waals surface area contributed by atoms with Crippen LogP contribution in [0.15, 0.2) is 16.6 Å². The van der Waals surface area contributed by atoms with Gasteiger partial charge in [-0.05, 0) is 43.0 Å². The Balaban J connectivity index is 3.15. The molecule has 0 fully saturated rings. The zero-order valence-corrected chi connectivity index (χ0v) is 9.98. The summed E-state index contributed by atoms with van der Waals surface area (Å²) in [5.74, 6) is 0. The molecule has 0 radical (unpaired) electrons. The molecule has 72 valence electrons. The molecule has 0 saturated heterocycles. The summed E-state index contributed by atoms with van der Waals surface area (Å²) in [6.07, 6.45) is 0.988. The van der Waals surface area contributed by atoms with Crippen molar-refractivity contribution in [1.82, 2.24) is 0 Å². The van der Waals surface area contributed by atoms with E-state index in [4.69, 9.17) is 5.73 Å². The third-order valence-electron chi connectivity index (χ3n) is 2.39. The van der Waals surface area contributed by atoms with Gasteiger partial charge in [0.15, 0.2) is 0 Å². The van der Waals surface area contributed by atoms with Crippen molar-refractivity contribution in [1.29, 1.82) is 0 Å². The Morgan fingerprint density at radius 1 is 1.31 bits per heavy atom. The molecule has 0 amide bonds. The number of hydrogen-bond donors (Lipinski definition) is 1. The molecule has 2 heteroatoms. The average Bonchev–Trinajstić information content (AvgIpc) is 2.10. The molecule has 1 rings (SSSR count). The van der Waals surface area contributed by atoms with Crippen LogP contribution >= 0.6 is 15.9 Å². The van der Waals surface area contributed by atoms with E-state index in [0.717, 1.165) is 10.9 Å². The fourth-order valence-corrected chi connectivity index (χ4v) is 1.88. The second kappa shape index (κ2) is 4.25. The molecule has 1 nitrogen and oxygen atoms in total. The number of nitrogens with two attached hydrogens (primary N) is 1. The highest BCUT2D eigenvalue weighted by molar-refractivity contribution is 9.10. The van der Waals surface area contributed by atoms with Gasteiger partial charge in [-0.1, -0.05) is 28.9 Å². The predicted molar refractivity (Wildman–Crippen MR) is 60.8 cm³/mol. The molecule has 0 bridgehead atoms. The molecule has 0 heterocycles. The van der Waals surface area contributed by atoms with Gasteiger partial charge in [0, 0.05) is 10.5 Å². The maximum Gasteiger partial charge on any atom is 0.0294 e. The minimum absolute atomic E-state index is 0.173. The zero-order chi connectivity index (χ0) is 10.0. The van der Waals surface area contributed by atoms with Gasteiger partial charge in [0.1, 0.15) is 0 Å². The van der Waals surface area contributed by atoms with Crippen molar-refractivity contribution < 1.29 is 0 Å². The van der Waals surface area contributed by atoms with Crippen LogP contribution in [0.5, 0.6) is 0 Å². The van der Waals surface area contributed by atoms with E-state index in [1.807, 2.05) is 0 Å². The molecule has 1 unspecified atom stereocenters. The lowest BCUT2D eigenvalue weighted by Crippen LogP contribution is -2.10. The van der Waals surface area contributed by atoms with Crippen molar-refractivity contribution in [2.75, 3.05) is 0 Å². The normalized spacial score (nSPS) is 13.0. The Hall–Kier alpha value is -0.340. The summed E-state index contributed by atoms with van der Waals surface area (Å²) in [6, 6.07) is 4.49. The number of rotatable bonds is 2. The van der Waals surface area contributed by atoms with Gasteiger partial charge >= 0.3 is 0 Å². The van der Waals surface area contributed by atoms with E-state index in [2.05, 4.69) is 48.8 Å². The van der Waals surface area contributed by atoms with E-state index in [1.54, 1.807) is 0 Å². The maximum atomic E-state index is 6.00. The van der Waals surface area contributed by atoms with E-state index in [0.29, 0.717) is 0 Å². The maximum absolute atomic E-state index is 6.00. The van der Waals surface area contributed by atoms with Crippen LogP contribution in [0.25, 0.3) is 0 Å². The van der Waals surface area contributed by atoms with E-state index >= 15 is 0 Å². The van der Waals surface area contributed by atoms with Crippen LogP contribution in [0.3, 0.4) is 0 Å². The Bertz CT molecular complexity index is 307. The molecule has 1 aromatic rings. The summed E-state index contributed by atoms with van der Waals surface area (Å²) in [5.41, 5.74) is 9.79.